The summed E-state index contributed by atoms with van der Waals surface area (Å²) in [6.07, 6.45) is -4.18. The first-order valence-electron chi connectivity index (χ1n) is 3.98. The molecule has 0 saturated heterocycles. The van der Waals surface area contributed by atoms with Gasteiger partial charge in [-0.2, -0.15) is 13.2 Å². The maximum absolute atomic E-state index is 11.7. The van der Waals surface area contributed by atoms with Crippen LogP contribution < -0.4 is 5.32 Å². The summed E-state index contributed by atoms with van der Waals surface area (Å²) in [5.41, 5.74) is 0.0267. The van der Waals surface area contributed by atoms with E-state index in [4.69, 9.17) is 11.6 Å². The van der Waals surface area contributed by atoms with Gasteiger partial charge in [-0.3, -0.25) is 4.79 Å². The fourth-order valence-electron chi connectivity index (χ4n) is 0.869. The molecule has 0 aliphatic carbocycles. The predicted molar refractivity (Wildman–Crippen MR) is 46.7 cm³/mol. The number of hydrogen-bond acceptors (Lipinski definition) is 2. The molecule has 0 unspecified atom stereocenters. The number of nitrogens with one attached hydrogen (secondary N) is 1. The number of rotatable bonds is 3. The zero-order chi connectivity index (χ0) is 11.5. The summed E-state index contributed by atoms with van der Waals surface area (Å²) in [5, 5.41) is 1.94. The third-order valence-electron chi connectivity index (χ3n) is 1.56. The van der Waals surface area contributed by atoms with Crippen molar-refractivity contribution in [2.75, 3.05) is 6.54 Å². The Bertz CT molecular complexity index is 348. The summed E-state index contributed by atoms with van der Waals surface area (Å²) in [7, 11) is 0. The van der Waals surface area contributed by atoms with E-state index in [1.807, 2.05) is 0 Å². The van der Waals surface area contributed by atoms with Gasteiger partial charge in [0.1, 0.15) is 0 Å². The van der Waals surface area contributed by atoms with Crippen LogP contribution >= 0.6 is 11.6 Å². The normalized spacial score (nSPS) is 11.5. The highest BCUT2D eigenvalue weighted by molar-refractivity contribution is 6.32. The Kier molecular flexibility index (Phi) is 3.62. The van der Waals surface area contributed by atoms with Gasteiger partial charge in [-0.1, -0.05) is 0 Å². The molecular weight excluding hydrogens is 235 g/mol. The molecule has 0 aliphatic rings. The van der Waals surface area contributed by atoms with Gasteiger partial charge in [-0.05, 0) is 17.7 Å². The summed E-state index contributed by atoms with van der Waals surface area (Å²) in [6, 6.07) is 1.28. The van der Waals surface area contributed by atoms with Crippen molar-refractivity contribution in [2.24, 2.45) is 0 Å². The van der Waals surface area contributed by atoms with Crippen LogP contribution in [-0.4, -0.2) is 18.6 Å². The zero-order valence-corrected chi connectivity index (χ0v) is 8.15. The Balaban J connectivity index is 2.41. The summed E-state index contributed by atoms with van der Waals surface area (Å²) in [5.74, 6) is -0.682. The highest BCUT2D eigenvalue weighted by Gasteiger charge is 2.26. The third kappa shape index (κ3) is 3.83. The van der Waals surface area contributed by atoms with E-state index in [0.717, 1.165) is 0 Å². The second kappa shape index (κ2) is 4.57. The molecule has 1 aromatic rings. The lowest BCUT2D eigenvalue weighted by Gasteiger charge is -2.06. The molecule has 84 valence electrons. The average molecular weight is 242 g/mol. The summed E-state index contributed by atoms with van der Waals surface area (Å²) < 4.78 is 39.8. The molecule has 0 bridgehead atoms. The minimum atomic E-state index is -4.28. The first kappa shape index (κ1) is 11.9. The largest absolute Gasteiger partial charge is 0.452 e. The van der Waals surface area contributed by atoms with Crippen molar-refractivity contribution in [3.63, 3.8) is 0 Å². The van der Waals surface area contributed by atoms with Gasteiger partial charge in [0.15, 0.2) is 0 Å². The van der Waals surface area contributed by atoms with E-state index in [2.05, 4.69) is 9.73 Å². The Hall–Kier alpha value is -1.17. The van der Waals surface area contributed by atoms with E-state index >= 15 is 0 Å². The Morgan fingerprint density at radius 1 is 1.53 bits per heavy atom. The lowest BCUT2D eigenvalue weighted by atomic mass is 10.3. The van der Waals surface area contributed by atoms with Crippen LogP contribution in [0.5, 0.6) is 0 Å². The zero-order valence-electron chi connectivity index (χ0n) is 7.40. The van der Waals surface area contributed by atoms with Crippen LogP contribution in [-0.2, 0) is 0 Å². The highest BCUT2D eigenvalue weighted by Crippen LogP contribution is 2.19. The van der Waals surface area contributed by atoms with Gasteiger partial charge in [0, 0.05) is 6.54 Å². The van der Waals surface area contributed by atoms with Crippen molar-refractivity contribution in [3.05, 3.63) is 23.1 Å². The second-order valence-corrected chi connectivity index (χ2v) is 3.07. The fraction of sp³-hybridized carbons (Fsp3) is 0.375. The molecule has 0 spiro atoms. The molecule has 0 aliphatic heterocycles. The van der Waals surface area contributed by atoms with E-state index in [1.165, 1.54) is 12.3 Å². The Morgan fingerprint density at radius 2 is 2.20 bits per heavy atom. The molecule has 0 fully saturated rings. The van der Waals surface area contributed by atoms with Crippen LogP contribution in [0.1, 0.15) is 16.8 Å². The minimum Gasteiger partial charge on any atom is -0.452 e. The van der Waals surface area contributed by atoms with Crippen molar-refractivity contribution in [1.29, 1.82) is 0 Å². The van der Waals surface area contributed by atoms with Crippen molar-refractivity contribution in [2.45, 2.75) is 12.6 Å². The van der Waals surface area contributed by atoms with Crippen molar-refractivity contribution >= 4 is 17.5 Å². The summed E-state index contributed by atoms with van der Waals surface area (Å²) >= 11 is 5.45. The number of carbonyl (C=O) groups is 1. The quantitative estimate of drug-likeness (QED) is 0.884. The molecule has 0 saturated carbocycles. The minimum absolute atomic E-state index is 0.0267. The maximum Gasteiger partial charge on any atom is 0.390 e. The van der Waals surface area contributed by atoms with Crippen LogP contribution in [0, 0.1) is 0 Å². The maximum atomic E-state index is 11.7. The van der Waals surface area contributed by atoms with E-state index < -0.39 is 25.0 Å². The molecule has 1 amide bonds. The molecule has 7 heteroatoms. The van der Waals surface area contributed by atoms with E-state index in [0.29, 0.717) is 0 Å². The number of halogens is 4. The predicted octanol–water partition coefficient (Wildman–Crippen LogP) is 2.62. The standard InChI is InChI=1S/C8H7ClF3NO2/c9-6-5(1-4-15-6)7(14)13-3-2-8(10,11)12/h1,4H,2-3H2,(H,13,14). The van der Waals surface area contributed by atoms with Gasteiger partial charge in [0.2, 0.25) is 5.22 Å². The average Bonchev–Trinajstić information content (AvgIpc) is 2.48. The fourth-order valence-corrected chi connectivity index (χ4v) is 1.07. The van der Waals surface area contributed by atoms with Crippen LogP contribution in [0.3, 0.4) is 0 Å². The van der Waals surface area contributed by atoms with Crippen molar-refractivity contribution < 1.29 is 22.4 Å². The molecule has 15 heavy (non-hydrogen) atoms. The van der Waals surface area contributed by atoms with E-state index in [9.17, 15) is 18.0 Å². The van der Waals surface area contributed by atoms with Gasteiger partial charge in [-0.15, -0.1) is 0 Å². The molecule has 1 aromatic heterocycles. The van der Waals surface area contributed by atoms with Gasteiger partial charge in [0.05, 0.1) is 18.2 Å². The summed E-state index contributed by atoms with van der Waals surface area (Å²) in [4.78, 5) is 11.2. The lowest BCUT2D eigenvalue weighted by molar-refractivity contribution is -0.132. The molecule has 1 heterocycles. The van der Waals surface area contributed by atoms with E-state index in [1.54, 1.807) is 0 Å². The number of furan rings is 1. The molecule has 1 N–H and O–H groups in total. The van der Waals surface area contributed by atoms with Crippen LogP contribution in [0.15, 0.2) is 16.7 Å². The number of alkyl halides is 3. The molecule has 3 nitrogen and oxygen atoms in total. The number of amides is 1. The first-order valence-corrected chi connectivity index (χ1v) is 4.36. The number of carbonyl (C=O) groups excluding carboxylic acids is 1. The van der Waals surface area contributed by atoms with Gasteiger partial charge in [0.25, 0.3) is 5.91 Å². The van der Waals surface area contributed by atoms with E-state index in [-0.39, 0.29) is 10.8 Å². The van der Waals surface area contributed by atoms with Crippen molar-refractivity contribution in [1.82, 2.24) is 5.32 Å². The third-order valence-corrected chi connectivity index (χ3v) is 1.85. The second-order valence-electron chi connectivity index (χ2n) is 2.73. The monoisotopic (exact) mass is 241 g/mol. The smallest absolute Gasteiger partial charge is 0.390 e. The highest BCUT2D eigenvalue weighted by atomic mass is 35.5. The number of hydrogen-bond donors (Lipinski definition) is 1. The first-order chi connectivity index (χ1) is 6.90. The SMILES string of the molecule is O=C(NCCC(F)(F)F)c1ccoc1Cl. The molecule has 0 atom stereocenters. The van der Waals surface area contributed by atoms with Crippen LogP contribution in [0.4, 0.5) is 13.2 Å². The van der Waals surface area contributed by atoms with Gasteiger partial charge >= 0.3 is 6.18 Å². The topological polar surface area (TPSA) is 42.2 Å². The lowest BCUT2D eigenvalue weighted by Crippen LogP contribution is -2.27. The van der Waals surface area contributed by atoms with Crippen molar-refractivity contribution in [3.8, 4) is 0 Å². The molecule has 1 rings (SSSR count). The molecule has 0 aromatic carbocycles. The van der Waals surface area contributed by atoms with Gasteiger partial charge in [-0.25, -0.2) is 0 Å². The molecule has 0 radical (unpaired) electrons. The Morgan fingerprint density at radius 3 is 2.67 bits per heavy atom. The van der Waals surface area contributed by atoms with Gasteiger partial charge < -0.3 is 9.73 Å². The Labute approximate surface area is 88.2 Å². The summed E-state index contributed by atoms with van der Waals surface area (Å²) in [6.45, 7) is -0.482. The van der Waals surface area contributed by atoms with Crippen LogP contribution in [0.25, 0.3) is 0 Å². The molecular formula is C8H7ClF3NO2. The van der Waals surface area contributed by atoms with Crippen LogP contribution in [0.2, 0.25) is 5.22 Å².